The predicted molar refractivity (Wildman–Crippen MR) is 59.3 cm³/mol. The molecule has 1 rings (SSSR count). The summed E-state index contributed by atoms with van der Waals surface area (Å²) in [5, 5.41) is 9.51. The second-order valence-corrected chi connectivity index (χ2v) is 4.86. The number of pyridine rings is 1. The fraction of sp³-hybridized carbons (Fsp3) is 0.500. The van der Waals surface area contributed by atoms with Gasteiger partial charge in [-0.25, -0.2) is 0 Å². The molecule has 0 saturated carbocycles. The van der Waals surface area contributed by atoms with Crippen LogP contribution in [0.2, 0.25) is 0 Å². The number of nitrogens with zero attached hydrogens (tertiary/aromatic N) is 1. The maximum Gasteiger partial charge on any atom is 0.250 e. The molecule has 0 aliphatic carbocycles. The summed E-state index contributed by atoms with van der Waals surface area (Å²) in [5.74, 6) is 0. The van der Waals surface area contributed by atoms with Crippen molar-refractivity contribution < 1.29 is 5.11 Å². The largest absolute Gasteiger partial charge is 0.390 e. The third kappa shape index (κ3) is 3.64. The highest BCUT2D eigenvalue weighted by Gasteiger charge is 2.12. The summed E-state index contributed by atoms with van der Waals surface area (Å²) in [5.41, 5.74) is -0.778. The zero-order valence-electron chi connectivity index (χ0n) is 8.33. The van der Waals surface area contributed by atoms with Crippen molar-refractivity contribution in [3.05, 3.63) is 33.2 Å². The van der Waals surface area contributed by atoms with Crippen molar-refractivity contribution in [3.8, 4) is 0 Å². The summed E-state index contributed by atoms with van der Waals surface area (Å²) in [6.07, 6.45) is 2.29. The molecule has 1 aromatic heterocycles. The molecule has 14 heavy (non-hydrogen) atoms. The van der Waals surface area contributed by atoms with Crippen LogP contribution in [0.25, 0.3) is 0 Å². The van der Waals surface area contributed by atoms with E-state index >= 15 is 0 Å². The van der Waals surface area contributed by atoms with Gasteiger partial charge in [-0.1, -0.05) is 0 Å². The Balaban J connectivity index is 2.77. The Morgan fingerprint density at radius 3 is 2.71 bits per heavy atom. The second kappa shape index (κ2) is 4.28. The van der Waals surface area contributed by atoms with E-state index in [0.717, 1.165) is 4.47 Å². The molecule has 0 unspecified atom stereocenters. The molecule has 0 aliphatic rings. The first-order valence-corrected chi connectivity index (χ1v) is 5.26. The van der Waals surface area contributed by atoms with Gasteiger partial charge in [0.25, 0.3) is 5.56 Å². The van der Waals surface area contributed by atoms with Crippen molar-refractivity contribution in [3.63, 3.8) is 0 Å². The van der Waals surface area contributed by atoms with E-state index in [4.69, 9.17) is 0 Å². The molecule has 3 nitrogen and oxygen atoms in total. The molecule has 4 heteroatoms. The summed E-state index contributed by atoms with van der Waals surface area (Å²) in [6, 6.07) is 3.22. The molecule has 78 valence electrons. The standard InChI is InChI=1S/C10H14BrNO2/c1-10(2,14)5-6-12-7-8(11)3-4-9(12)13/h3-4,7,14H,5-6H2,1-2H3. The average molecular weight is 260 g/mol. The monoisotopic (exact) mass is 259 g/mol. The number of rotatable bonds is 3. The lowest BCUT2D eigenvalue weighted by atomic mass is 10.1. The number of aromatic nitrogens is 1. The lowest BCUT2D eigenvalue weighted by molar-refractivity contribution is 0.0659. The summed E-state index contributed by atoms with van der Waals surface area (Å²) in [7, 11) is 0. The van der Waals surface area contributed by atoms with E-state index < -0.39 is 5.60 Å². The first kappa shape index (κ1) is 11.5. The van der Waals surface area contributed by atoms with Crippen molar-refractivity contribution in [2.24, 2.45) is 0 Å². The van der Waals surface area contributed by atoms with E-state index in [1.54, 1.807) is 30.7 Å². The molecule has 1 N–H and O–H groups in total. The molecule has 0 spiro atoms. The first-order valence-electron chi connectivity index (χ1n) is 4.47. The Morgan fingerprint density at radius 1 is 1.50 bits per heavy atom. The topological polar surface area (TPSA) is 42.2 Å². The van der Waals surface area contributed by atoms with E-state index in [0.29, 0.717) is 13.0 Å². The van der Waals surface area contributed by atoms with Crippen LogP contribution in [0.5, 0.6) is 0 Å². The van der Waals surface area contributed by atoms with Gasteiger partial charge in [-0.2, -0.15) is 0 Å². The lowest BCUT2D eigenvalue weighted by Crippen LogP contribution is -2.25. The number of halogens is 1. The van der Waals surface area contributed by atoms with Gasteiger partial charge in [-0.15, -0.1) is 0 Å². The maximum atomic E-state index is 11.3. The Morgan fingerprint density at radius 2 is 2.14 bits per heavy atom. The highest BCUT2D eigenvalue weighted by atomic mass is 79.9. The molecule has 0 aliphatic heterocycles. The van der Waals surface area contributed by atoms with Crippen molar-refractivity contribution in [1.82, 2.24) is 4.57 Å². The Kier molecular flexibility index (Phi) is 3.50. The number of aliphatic hydroxyl groups is 1. The van der Waals surface area contributed by atoms with Crippen LogP contribution in [-0.2, 0) is 6.54 Å². The van der Waals surface area contributed by atoms with Crippen molar-refractivity contribution in [1.29, 1.82) is 0 Å². The minimum Gasteiger partial charge on any atom is -0.390 e. The molecular weight excluding hydrogens is 246 g/mol. The van der Waals surface area contributed by atoms with E-state index in [2.05, 4.69) is 15.9 Å². The SMILES string of the molecule is CC(C)(O)CCn1cc(Br)ccc1=O. The van der Waals surface area contributed by atoms with Gasteiger partial charge in [-0.3, -0.25) is 4.79 Å². The van der Waals surface area contributed by atoms with Crippen LogP contribution in [0, 0.1) is 0 Å². The summed E-state index contributed by atoms with van der Waals surface area (Å²) < 4.78 is 2.45. The lowest BCUT2D eigenvalue weighted by Gasteiger charge is -2.17. The van der Waals surface area contributed by atoms with Crippen LogP contribution < -0.4 is 5.56 Å². The van der Waals surface area contributed by atoms with E-state index in [1.165, 1.54) is 6.07 Å². The van der Waals surface area contributed by atoms with E-state index in [9.17, 15) is 9.90 Å². The molecule has 0 radical (unpaired) electrons. The van der Waals surface area contributed by atoms with Crippen LogP contribution in [-0.4, -0.2) is 15.3 Å². The molecule has 1 heterocycles. The van der Waals surface area contributed by atoms with Gasteiger partial charge in [0, 0.05) is 23.3 Å². The normalized spacial score (nSPS) is 11.7. The highest BCUT2D eigenvalue weighted by molar-refractivity contribution is 9.10. The van der Waals surface area contributed by atoms with Gasteiger partial charge in [-0.05, 0) is 42.3 Å². The van der Waals surface area contributed by atoms with Crippen LogP contribution in [0.15, 0.2) is 27.6 Å². The number of hydrogen-bond acceptors (Lipinski definition) is 2. The molecule has 0 amide bonds. The molecule has 1 aromatic rings. The Bertz CT molecular complexity index is 365. The first-order chi connectivity index (χ1) is 6.38. The van der Waals surface area contributed by atoms with Crippen molar-refractivity contribution in [2.45, 2.75) is 32.4 Å². The minimum absolute atomic E-state index is 0.0440. The average Bonchev–Trinajstić information content (AvgIpc) is 2.05. The van der Waals surface area contributed by atoms with Crippen LogP contribution in [0.1, 0.15) is 20.3 Å². The van der Waals surface area contributed by atoms with Gasteiger partial charge in [0.2, 0.25) is 0 Å². The van der Waals surface area contributed by atoms with E-state index in [-0.39, 0.29) is 5.56 Å². The van der Waals surface area contributed by atoms with Gasteiger partial charge >= 0.3 is 0 Å². The summed E-state index contributed by atoms with van der Waals surface area (Å²) in [4.78, 5) is 11.3. The fourth-order valence-corrected chi connectivity index (χ4v) is 1.45. The molecule has 0 fully saturated rings. The summed E-state index contributed by atoms with van der Waals surface area (Å²) in [6.45, 7) is 3.99. The van der Waals surface area contributed by atoms with Gasteiger partial charge in [0.15, 0.2) is 0 Å². The quantitative estimate of drug-likeness (QED) is 0.900. The third-order valence-corrected chi connectivity index (χ3v) is 2.38. The highest BCUT2D eigenvalue weighted by Crippen LogP contribution is 2.10. The minimum atomic E-state index is -0.734. The number of aryl methyl sites for hydroxylation is 1. The van der Waals surface area contributed by atoms with Crippen molar-refractivity contribution in [2.75, 3.05) is 0 Å². The van der Waals surface area contributed by atoms with Crippen LogP contribution in [0.4, 0.5) is 0 Å². The third-order valence-electron chi connectivity index (χ3n) is 1.91. The molecule has 0 aromatic carbocycles. The smallest absolute Gasteiger partial charge is 0.250 e. The van der Waals surface area contributed by atoms with Gasteiger partial charge in [0.1, 0.15) is 0 Å². The zero-order chi connectivity index (χ0) is 10.8. The van der Waals surface area contributed by atoms with Crippen LogP contribution >= 0.6 is 15.9 Å². The van der Waals surface area contributed by atoms with Crippen molar-refractivity contribution >= 4 is 15.9 Å². The maximum absolute atomic E-state index is 11.3. The number of hydrogen-bond donors (Lipinski definition) is 1. The zero-order valence-corrected chi connectivity index (χ0v) is 9.91. The van der Waals surface area contributed by atoms with Gasteiger partial charge < -0.3 is 9.67 Å². The molecule has 0 saturated heterocycles. The summed E-state index contributed by atoms with van der Waals surface area (Å²) >= 11 is 3.29. The second-order valence-electron chi connectivity index (χ2n) is 3.94. The Hall–Kier alpha value is -0.610. The van der Waals surface area contributed by atoms with Gasteiger partial charge in [0.05, 0.1) is 5.60 Å². The molecule has 0 bridgehead atoms. The fourth-order valence-electron chi connectivity index (χ4n) is 1.07. The Labute approximate surface area is 91.5 Å². The molecule has 0 atom stereocenters. The van der Waals surface area contributed by atoms with E-state index in [1.807, 2.05) is 0 Å². The predicted octanol–water partition coefficient (Wildman–Crippen LogP) is 1.77. The molecular formula is C10H14BrNO2. The van der Waals surface area contributed by atoms with Crippen LogP contribution in [0.3, 0.4) is 0 Å².